The third-order valence-electron chi connectivity index (χ3n) is 8.88. The van der Waals surface area contributed by atoms with E-state index in [1.807, 2.05) is 0 Å². The predicted molar refractivity (Wildman–Crippen MR) is 186 cm³/mol. The van der Waals surface area contributed by atoms with Gasteiger partial charge < -0.3 is 71.4 Å². The van der Waals surface area contributed by atoms with Gasteiger partial charge in [0, 0.05) is 55.4 Å². The summed E-state index contributed by atoms with van der Waals surface area (Å²) in [5, 5.41) is 10.1. The first-order valence-electron chi connectivity index (χ1n) is 18.8. The summed E-state index contributed by atoms with van der Waals surface area (Å²) in [7, 11) is 0. The number of hydrogen-bond donors (Lipinski definition) is 1. The van der Waals surface area contributed by atoms with Gasteiger partial charge in [-0.2, -0.15) is 0 Å². The molecule has 4 heterocycles. The number of fused-ring (bicyclic) bond motifs is 1. The maximum absolute atomic E-state index is 12.6. The Morgan fingerprint density at radius 1 is 0.443 bits per heavy atom. The Balaban J connectivity index is 1.68. The third-order valence-corrected chi connectivity index (χ3v) is 8.88. The van der Waals surface area contributed by atoms with Crippen LogP contribution in [0, 0.1) is 0 Å². The molecule has 25 nitrogen and oxygen atoms in total. The summed E-state index contributed by atoms with van der Waals surface area (Å²) < 4.78 is 79.2. The van der Waals surface area contributed by atoms with E-state index in [2.05, 4.69) is 0 Å². The lowest BCUT2D eigenvalue weighted by molar-refractivity contribution is -0.435. The predicted octanol–water partition coefficient (Wildman–Crippen LogP) is -1.67. The fourth-order valence-electron chi connectivity index (χ4n) is 6.90. The molecule has 4 aliphatic rings. The fourth-order valence-corrected chi connectivity index (χ4v) is 6.90. The number of ether oxygens (including phenoxy) is 14. The molecule has 344 valence electrons. The molecule has 0 unspecified atom stereocenters. The van der Waals surface area contributed by atoms with Crippen molar-refractivity contribution >= 4 is 47.8 Å². The van der Waals surface area contributed by atoms with Crippen molar-refractivity contribution < 1.29 is 120 Å². The van der Waals surface area contributed by atoms with E-state index in [-0.39, 0.29) is 0 Å². The quantitative estimate of drug-likeness (QED) is 0.0784. The first kappa shape index (κ1) is 49.1. The highest BCUT2D eigenvalue weighted by molar-refractivity contribution is 5.70. The van der Waals surface area contributed by atoms with Crippen LogP contribution in [-0.4, -0.2) is 171 Å². The molecule has 0 aromatic carbocycles. The molecule has 0 radical (unpaired) electrons. The zero-order valence-electron chi connectivity index (χ0n) is 34.6. The van der Waals surface area contributed by atoms with Crippen molar-refractivity contribution in [1.82, 2.24) is 0 Å². The summed E-state index contributed by atoms with van der Waals surface area (Å²) in [5.74, 6) is -6.98. The molecule has 4 aliphatic heterocycles. The van der Waals surface area contributed by atoms with Gasteiger partial charge in [-0.05, 0) is 6.92 Å². The maximum atomic E-state index is 12.6. The highest BCUT2D eigenvalue weighted by Gasteiger charge is 2.59. The second-order valence-electron chi connectivity index (χ2n) is 13.9. The van der Waals surface area contributed by atoms with Gasteiger partial charge in [0.25, 0.3) is 0 Å². The number of carbonyl (C=O) groups is 8. The zero-order chi connectivity index (χ0) is 45.3. The molecular formula is C36H50O25. The maximum Gasteiger partial charge on any atom is 0.303 e. The van der Waals surface area contributed by atoms with Crippen LogP contribution in [0.25, 0.3) is 0 Å². The molecule has 25 heteroatoms. The van der Waals surface area contributed by atoms with Gasteiger partial charge in [-0.3, -0.25) is 38.4 Å². The van der Waals surface area contributed by atoms with Gasteiger partial charge in [0.1, 0.15) is 43.7 Å². The van der Waals surface area contributed by atoms with Crippen LogP contribution in [0.2, 0.25) is 0 Å². The van der Waals surface area contributed by atoms with Crippen molar-refractivity contribution in [2.24, 2.45) is 0 Å². The van der Waals surface area contributed by atoms with Crippen molar-refractivity contribution in [1.29, 1.82) is 0 Å². The van der Waals surface area contributed by atoms with E-state index in [0.29, 0.717) is 0 Å². The Kier molecular flexibility index (Phi) is 17.7. The highest BCUT2D eigenvalue weighted by atomic mass is 17.2. The number of esters is 8. The minimum Gasteiger partial charge on any atom is -0.463 e. The normalized spacial score (nSPS) is 35.6. The number of hydrogen-bond acceptors (Lipinski definition) is 25. The molecule has 0 aromatic rings. The molecule has 0 amide bonds. The second kappa shape index (κ2) is 22.0. The van der Waals surface area contributed by atoms with Crippen LogP contribution >= 0.6 is 0 Å². The molecule has 0 spiro atoms. The Bertz CT molecular complexity index is 1600. The summed E-state index contributed by atoms with van der Waals surface area (Å²) in [6.07, 6.45) is -23.8. The standard InChI is InChI=1S/C36H50O25/c1-13(38)46-11-23-26(49-15(3)40)29(52-18(6)43)31(53-19(7)44)35(58-23)60-30-27(50-16(4)41)24(59-34-32(30)55-21(9)56-34)12-47-61-36-33(54-20(8)45)28(51-17(5)42)25(48-14(2)39)22(10-37)57-36/h21-37H,10-12H2,1-9H3/t21-,22-,23-,24-,25-,26-,27-,28+,29+,30+,31-,32-,33-,34+,35+,36+/m1/s1. The molecule has 0 aliphatic carbocycles. The van der Waals surface area contributed by atoms with Crippen LogP contribution in [0.3, 0.4) is 0 Å². The summed E-state index contributed by atoms with van der Waals surface area (Å²) in [5.41, 5.74) is 0. The van der Waals surface area contributed by atoms with Crippen molar-refractivity contribution in [2.45, 2.75) is 161 Å². The van der Waals surface area contributed by atoms with E-state index in [4.69, 9.17) is 76.1 Å². The lowest BCUT2D eigenvalue weighted by atomic mass is 9.96. The van der Waals surface area contributed by atoms with E-state index in [0.717, 1.165) is 55.4 Å². The van der Waals surface area contributed by atoms with Gasteiger partial charge in [-0.1, -0.05) is 0 Å². The summed E-state index contributed by atoms with van der Waals surface area (Å²) in [6.45, 7) is 7.81. The number of aliphatic hydroxyl groups excluding tert-OH is 1. The van der Waals surface area contributed by atoms with Crippen LogP contribution < -0.4 is 0 Å². The van der Waals surface area contributed by atoms with Gasteiger partial charge >= 0.3 is 47.8 Å². The van der Waals surface area contributed by atoms with Crippen LogP contribution in [0.15, 0.2) is 0 Å². The SMILES string of the molecule is CC(=O)OC[C@H]1O[C@@H](O[C@@H]2[C@H]3O[C@@H](C)O[C@H]3O[C@H](COO[C@@H]3O[C@H](CO)[C@@H](OC(C)=O)[C@H](OC(C)=O)[C@H]3OC(C)=O)[C@H]2OC(C)=O)[C@H](OC(C)=O)[C@@H](OC(C)=O)[C@@H]1OC(C)=O. The Morgan fingerprint density at radius 2 is 0.852 bits per heavy atom. The third kappa shape index (κ3) is 13.4. The van der Waals surface area contributed by atoms with E-state index >= 15 is 0 Å². The smallest absolute Gasteiger partial charge is 0.303 e. The average molecular weight is 883 g/mol. The first-order chi connectivity index (χ1) is 28.7. The van der Waals surface area contributed by atoms with Crippen LogP contribution in [0.5, 0.6) is 0 Å². The Hall–Kier alpha value is -4.60. The van der Waals surface area contributed by atoms with E-state index in [9.17, 15) is 43.5 Å². The van der Waals surface area contributed by atoms with Gasteiger partial charge in [-0.15, -0.1) is 0 Å². The Morgan fingerprint density at radius 3 is 1.33 bits per heavy atom. The monoisotopic (exact) mass is 882 g/mol. The number of rotatable bonds is 16. The molecular weight excluding hydrogens is 832 g/mol. The molecule has 4 rings (SSSR count). The van der Waals surface area contributed by atoms with Crippen molar-refractivity contribution in [3.8, 4) is 0 Å². The summed E-state index contributed by atoms with van der Waals surface area (Å²) in [6, 6.07) is 0. The Labute approximate surface area is 347 Å². The minimum absolute atomic E-state index is 0.579. The second-order valence-corrected chi connectivity index (χ2v) is 13.9. The molecule has 1 N–H and O–H groups in total. The molecule has 16 atom stereocenters. The molecule has 4 saturated heterocycles. The lowest BCUT2D eigenvalue weighted by Gasteiger charge is -2.47. The fraction of sp³-hybridized carbons (Fsp3) is 0.778. The molecule has 61 heavy (non-hydrogen) atoms. The van der Waals surface area contributed by atoms with E-state index < -0.39 is 166 Å². The highest BCUT2D eigenvalue weighted by Crippen LogP contribution is 2.38. The largest absolute Gasteiger partial charge is 0.463 e. The first-order valence-corrected chi connectivity index (χ1v) is 18.8. The average Bonchev–Trinajstić information content (AvgIpc) is 3.51. The van der Waals surface area contributed by atoms with E-state index in [1.54, 1.807) is 0 Å². The van der Waals surface area contributed by atoms with Crippen molar-refractivity contribution in [3.05, 3.63) is 0 Å². The van der Waals surface area contributed by atoms with Crippen LogP contribution in [-0.2, 0) is 114 Å². The van der Waals surface area contributed by atoms with Crippen LogP contribution in [0.4, 0.5) is 0 Å². The zero-order valence-corrected chi connectivity index (χ0v) is 34.6. The molecule has 4 fully saturated rings. The summed E-state index contributed by atoms with van der Waals surface area (Å²) >= 11 is 0. The lowest BCUT2D eigenvalue weighted by Crippen LogP contribution is -2.66. The van der Waals surface area contributed by atoms with Gasteiger partial charge in [0.15, 0.2) is 61.6 Å². The van der Waals surface area contributed by atoms with Gasteiger partial charge in [0.2, 0.25) is 6.29 Å². The minimum atomic E-state index is -1.78. The molecule has 0 bridgehead atoms. The molecule has 0 aromatic heterocycles. The van der Waals surface area contributed by atoms with Gasteiger partial charge in [0.05, 0.1) is 6.61 Å². The van der Waals surface area contributed by atoms with E-state index in [1.165, 1.54) is 6.92 Å². The van der Waals surface area contributed by atoms with Crippen molar-refractivity contribution in [3.63, 3.8) is 0 Å². The van der Waals surface area contributed by atoms with Crippen molar-refractivity contribution in [2.75, 3.05) is 19.8 Å². The van der Waals surface area contributed by atoms with Gasteiger partial charge in [-0.25, -0.2) is 9.78 Å². The summed E-state index contributed by atoms with van der Waals surface area (Å²) in [4.78, 5) is 109. The number of aliphatic hydroxyl groups is 1. The number of carbonyl (C=O) groups excluding carboxylic acids is 8. The molecule has 0 saturated carbocycles. The topological polar surface area (TPSA) is 304 Å². The van der Waals surface area contributed by atoms with Crippen LogP contribution in [0.1, 0.15) is 62.3 Å².